The first kappa shape index (κ1) is 19.5. The fraction of sp³-hybridized carbons (Fsp3) is 0.182. The lowest BCUT2D eigenvalue weighted by atomic mass is 10.0. The van der Waals surface area contributed by atoms with Gasteiger partial charge in [0, 0.05) is 12.6 Å². The quantitative estimate of drug-likeness (QED) is 0.509. The number of halogens is 1. The van der Waals surface area contributed by atoms with Crippen molar-refractivity contribution >= 4 is 0 Å². The molecule has 0 N–H and O–H groups in total. The van der Waals surface area contributed by atoms with Crippen LogP contribution in [0.2, 0.25) is 0 Å². The molecule has 0 fully saturated rings. The Bertz CT molecular complexity index is 1260. The topological polar surface area (TPSA) is 74.8 Å². The fourth-order valence-corrected chi connectivity index (χ4v) is 3.17. The van der Waals surface area contributed by atoms with Gasteiger partial charge in [0.1, 0.15) is 23.9 Å². The number of rotatable bonds is 5. The molecule has 30 heavy (non-hydrogen) atoms. The maximum atomic E-state index is 13.1. The number of pyridine rings is 1. The molecule has 7 nitrogen and oxygen atoms in total. The first-order valence-electron chi connectivity index (χ1n) is 9.37. The Balaban J connectivity index is 1.60. The Morgan fingerprint density at radius 1 is 1.03 bits per heavy atom. The van der Waals surface area contributed by atoms with Crippen molar-refractivity contribution in [2.45, 2.75) is 20.5 Å². The second-order valence-electron chi connectivity index (χ2n) is 7.01. The van der Waals surface area contributed by atoms with Gasteiger partial charge in [-0.15, -0.1) is 0 Å². The molecule has 0 atom stereocenters. The lowest BCUT2D eigenvalue weighted by Crippen LogP contribution is -2.22. The lowest BCUT2D eigenvalue weighted by Gasteiger charge is -2.15. The third-order valence-corrected chi connectivity index (χ3v) is 4.88. The van der Waals surface area contributed by atoms with E-state index >= 15 is 0 Å². The predicted molar refractivity (Wildman–Crippen MR) is 110 cm³/mol. The summed E-state index contributed by atoms with van der Waals surface area (Å²) < 4.78 is 21.6. The zero-order valence-corrected chi connectivity index (χ0v) is 16.8. The van der Waals surface area contributed by atoms with Crippen molar-refractivity contribution in [2.75, 3.05) is 0 Å². The molecule has 152 valence electrons. The molecule has 8 heteroatoms. The minimum Gasteiger partial charge on any atom is -0.486 e. The molecular weight excluding hydrogens is 385 g/mol. The Labute approximate surface area is 172 Å². The van der Waals surface area contributed by atoms with E-state index in [1.54, 1.807) is 19.2 Å². The zero-order chi connectivity index (χ0) is 21.3. The van der Waals surface area contributed by atoms with Gasteiger partial charge in [-0.2, -0.15) is 9.36 Å². The van der Waals surface area contributed by atoms with Crippen LogP contribution < -0.4 is 10.4 Å². The summed E-state index contributed by atoms with van der Waals surface area (Å²) in [6, 6.07) is 14.4. The molecule has 4 rings (SSSR count). The Morgan fingerprint density at radius 3 is 2.53 bits per heavy atom. The first-order chi connectivity index (χ1) is 14.4. The summed E-state index contributed by atoms with van der Waals surface area (Å²) >= 11 is 0. The average Bonchev–Trinajstić information content (AvgIpc) is 3.07. The van der Waals surface area contributed by atoms with Gasteiger partial charge in [0.25, 0.3) is 0 Å². The number of ether oxygens (including phenoxy) is 1. The van der Waals surface area contributed by atoms with Crippen LogP contribution in [0.1, 0.15) is 16.7 Å². The van der Waals surface area contributed by atoms with E-state index in [1.165, 1.54) is 21.6 Å². The van der Waals surface area contributed by atoms with Crippen LogP contribution >= 0.6 is 0 Å². The average molecular weight is 405 g/mol. The second-order valence-corrected chi connectivity index (χ2v) is 7.01. The number of para-hydroxylation sites is 1. The normalized spacial score (nSPS) is 10.9. The van der Waals surface area contributed by atoms with Gasteiger partial charge in [-0.25, -0.2) is 9.18 Å². The number of hydrogen-bond donors (Lipinski definition) is 0. The van der Waals surface area contributed by atoms with Crippen LogP contribution in [-0.4, -0.2) is 24.8 Å². The SMILES string of the molecule is Cc1cc(-c2ccc(F)cn2)ccc1COc1c(C)cccc1-n1nnn(C)c1=O. The predicted octanol–water partition coefficient (Wildman–Crippen LogP) is 3.36. The highest BCUT2D eigenvalue weighted by molar-refractivity contribution is 5.60. The number of hydrogen-bond acceptors (Lipinski definition) is 5. The van der Waals surface area contributed by atoms with Gasteiger partial charge in [0.15, 0.2) is 0 Å². The Morgan fingerprint density at radius 2 is 1.87 bits per heavy atom. The summed E-state index contributed by atoms with van der Waals surface area (Å²) in [5.41, 5.74) is 4.69. The van der Waals surface area contributed by atoms with E-state index < -0.39 is 0 Å². The maximum absolute atomic E-state index is 13.1. The van der Waals surface area contributed by atoms with Crippen molar-refractivity contribution in [2.24, 2.45) is 7.05 Å². The maximum Gasteiger partial charge on any atom is 0.368 e. The van der Waals surface area contributed by atoms with Crippen LogP contribution in [0.5, 0.6) is 5.75 Å². The van der Waals surface area contributed by atoms with Crippen LogP contribution in [0, 0.1) is 19.7 Å². The van der Waals surface area contributed by atoms with E-state index in [0.717, 1.165) is 22.3 Å². The molecule has 0 aliphatic carbocycles. The molecule has 0 aliphatic rings. The zero-order valence-electron chi connectivity index (χ0n) is 16.8. The summed E-state index contributed by atoms with van der Waals surface area (Å²) in [4.78, 5) is 16.4. The van der Waals surface area contributed by atoms with Gasteiger partial charge in [0.05, 0.1) is 11.9 Å². The van der Waals surface area contributed by atoms with Crippen LogP contribution in [0.4, 0.5) is 4.39 Å². The van der Waals surface area contributed by atoms with Crippen LogP contribution in [0.15, 0.2) is 59.5 Å². The van der Waals surface area contributed by atoms with Gasteiger partial charge in [0.2, 0.25) is 0 Å². The second kappa shape index (κ2) is 7.90. The molecule has 4 aromatic rings. The molecule has 0 aliphatic heterocycles. The van der Waals surface area contributed by atoms with E-state index in [1.807, 2.05) is 44.2 Å². The van der Waals surface area contributed by atoms with Gasteiger partial charge >= 0.3 is 5.69 Å². The Hall–Kier alpha value is -3.81. The monoisotopic (exact) mass is 405 g/mol. The highest BCUT2D eigenvalue weighted by atomic mass is 19.1. The van der Waals surface area contributed by atoms with Gasteiger partial charge in [-0.1, -0.05) is 24.3 Å². The third-order valence-electron chi connectivity index (χ3n) is 4.88. The minimum absolute atomic E-state index is 0.315. The minimum atomic E-state index is -0.364. The van der Waals surface area contributed by atoms with Crippen molar-refractivity contribution in [3.63, 3.8) is 0 Å². The molecule has 2 aromatic heterocycles. The molecule has 0 radical (unpaired) electrons. The van der Waals surface area contributed by atoms with E-state index in [0.29, 0.717) is 23.7 Å². The number of aromatic nitrogens is 5. The van der Waals surface area contributed by atoms with Crippen molar-refractivity contribution in [3.05, 3.63) is 87.7 Å². The first-order valence-corrected chi connectivity index (χ1v) is 9.37. The van der Waals surface area contributed by atoms with Gasteiger partial charge < -0.3 is 4.74 Å². The van der Waals surface area contributed by atoms with Crippen molar-refractivity contribution in [1.82, 2.24) is 24.8 Å². The lowest BCUT2D eigenvalue weighted by molar-refractivity contribution is 0.301. The van der Waals surface area contributed by atoms with E-state index in [9.17, 15) is 9.18 Å². The summed E-state index contributed by atoms with van der Waals surface area (Å²) in [5.74, 6) is 0.209. The van der Waals surface area contributed by atoms with Crippen LogP contribution in [0.25, 0.3) is 16.9 Å². The molecule has 0 saturated carbocycles. The molecule has 0 spiro atoms. The standard InChI is InChI=1S/C22H20FN5O2/c1-14-5-4-6-20(28-22(29)27(3)25-26-28)21(14)30-13-17-8-7-16(11-15(17)2)19-10-9-18(23)12-24-19/h4-12H,13H2,1-3H3. The molecule has 2 aromatic carbocycles. The van der Waals surface area contributed by atoms with Crippen molar-refractivity contribution in [1.29, 1.82) is 0 Å². The molecule has 0 amide bonds. The number of aryl methyl sites for hydroxylation is 3. The molecule has 0 saturated heterocycles. The summed E-state index contributed by atoms with van der Waals surface area (Å²) in [6.07, 6.45) is 1.20. The van der Waals surface area contributed by atoms with Gasteiger partial charge in [-0.3, -0.25) is 4.98 Å². The van der Waals surface area contributed by atoms with Crippen LogP contribution in [0.3, 0.4) is 0 Å². The van der Waals surface area contributed by atoms with Crippen LogP contribution in [-0.2, 0) is 13.7 Å². The largest absolute Gasteiger partial charge is 0.486 e. The summed E-state index contributed by atoms with van der Waals surface area (Å²) in [6.45, 7) is 4.21. The van der Waals surface area contributed by atoms with Gasteiger partial charge in [-0.05, 0) is 65.2 Å². The smallest absolute Gasteiger partial charge is 0.368 e. The number of benzene rings is 2. The molecular formula is C22H20FN5O2. The van der Waals surface area contributed by atoms with Crippen molar-refractivity contribution < 1.29 is 9.13 Å². The van der Waals surface area contributed by atoms with E-state index in [2.05, 4.69) is 15.4 Å². The molecule has 0 bridgehead atoms. The summed E-state index contributed by atoms with van der Waals surface area (Å²) in [7, 11) is 1.54. The highest BCUT2D eigenvalue weighted by Gasteiger charge is 2.15. The summed E-state index contributed by atoms with van der Waals surface area (Å²) in [5, 5.41) is 7.69. The Kier molecular flexibility index (Phi) is 5.14. The van der Waals surface area contributed by atoms with Crippen molar-refractivity contribution in [3.8, 4) is 22.7 Å². The number of nitrogens with zero attached hydrogens (tertiary/aromatic N) is 5. The molecule has 0 unspecified atom stereocenters. The fourth-order valence-electron chi connectivity index (χ4n) is 3.17. The van der Waals surface area contributed by atoms with E-state index in [4.69, 9.17) is 4.74 Å². The molecule has 2 heterocycles. The van der Waals surface area contributed by atoms with E-state index in [-0.39, 0.29) is 11.5 Å². The number of tetrazole rings is 1. The third kappa shape index (κ3) is 3.71. The highest BCUT2D eigenvalue weighted by Crippen LogP contribution is 2.28.